The number of hydrogen-bond donors (Lipinski definition) is 4. The third-order valence-corrected chi connectivity index (χ3v) is 3.02. The Labute approximate surface area is 142 Å². The molecule has 1 aliphatic rings. The van der Waals surface area contributed by atoms with Crippen LogP contribution in [-0.2, 0) is 9.59 Å². The van der Waals surface area contributed by atoms with Gasteiger partial charge in [-0.3, -0.25) is 15.0 Å². The van der Waals surface area contributed by atoms with Crippen molar-refractivity contribution in [2.75, 3.05) is 24.8 Å². The third kappa shape index (κ3) is 7.54. The molecular formula is C17H28N2O5. The monoisotopic (exact) mass is 340 g/mol. The molecular weight excluding hydrogens is 312 g/mol. The van der Waals surface area contributed by atoms with Crippen molar-refractivity contribution in [2.24, 2.45) is 5.92 Å². The number of carbonyl (C=O) groups excluding carboxylic acids is 2. The van der Waals surface area contributed by atoms with E-state index in [-0.39, 0.29) is 31.6 Å². The molecule has 7 heteroatoms. The van der Waals surface area contributed by atoms with Gasteiger partial charge in [-0.05, 0) is 25.5 Å². The predicted octanol–water partition coefficient (Wildman–Crippen LogP) is 0.840. The summed E-state index contributed by atoms with van der Waals surface area (Å²) in [4.78, 5) is 23.8. The Balaban J connectivity index is 0.000000648. The van der Waals surface area contributed by atoms with Crippen LogP contribution in [0.1, 0.15) is 33.1 Å². The van der Waals surface area contributed by atoms with E-state index in [0.717, 1.165) is 12.8 Å². The number of hydrazine groups is 1. The molecule has 0 bridgehead atoms. The number of aliphatic hydroxyl groups is 3. The smallest absolute Gasteiger partial charge is 0.258 e. The number of anilines is 1. The van der Waals surface area contributed by atoms with Gasteiger partial charge in [-0.25, -0.2) is 5.01 Å². The first-order valence-corrected chi connectivity index (χ1v) is 8.09. The van der Waals surface area contributed by atoms with Crippen LogP contribution in [0.15, 0.2) is 30.3 Å². The molecule has 0 saturated carbocycles. The van der Waals surface area contributed by atoms with E-state index in [2.05, 4.69) is 5.43 Å². The van der Waals surface area contributed by atoms with E-state index < -0.39 is 5.92 Å². The van der Waals surface area contributed by atoms with Gasteiger partial charge in [0.1, 0.15) is 5.92 Å². The van der Waals surface area contributed by atoms with Gasteiger partial charge in [0, 0.05) is 6.61 Å². The standard InChI is InChI=1S/C13H16N2O2.C2H6O2.C2H6O/c1-2-3-9-11-12(16)14-15(13(11)17)10-7-5-4-6-8-10;3-1-2-4;1-2-3/h4-8,11H,2-3,9H2,1H3,(H,14,16);3-4H,1-2H2;3H,2H2,1H3. The molecule has 1 saturated heterocycles. The van der Waals surface area contributed by atoms with Crippen molar-refractivity contribution in [3.63, 3.8) is 0 Å². The highest BCUT2D eigenvalue weighted by Gasteiger charge is 2.39. The normalized spacial score (nSPS) is 15.9. The number of nitrogens with one attached hydrogen (secondary N) is 1. The minimum absolute atomic E-state index is 0.125. The van der Waals surface area contributed by atoms with E-state index in [1.807, 2.05) is 25.1 Å². The van der Waals surface area contributed by atoms with Crippen LogP contribution >= 0.6 is 0 Å². The van der Waals surface area contributed by atoms with E-state index in [1.165, 1.54) is 5.01 Å². The molecule has 1 unspecified atom stereocenters. The molecule has 7 nitrogen and oxygen atoms in total. The first-order chi connectivity index (χ1) is 11.6. The SMILES string of the molecule is CCCCC1C(=O)NN(c2ccccc2)C1=O.CCO.OCCO. The van der Waals surface area contributed by atoms with Gasteiger partial charge in [-0.15, -0.1) is 0 Å². The number of benzene rings is 1. The van der Waals surface area contributed by atoms with Crippen molar-refractivity contribution in [3.05, 3.63) is 30.3 Å². The quantitative estimate of drug-likeness (QED) is 0.594. The summed E-state index contributed by atoms with van der Waals surface area (Å²) in [6, 6.07) is 9.17. The number of unbranched alkanes of at least 4 members (excludes halogenated alkanes) is 1. The molecule has 0 aromatic heterocycles. The van der Waals surface area contributed by atoms with E-state index in [9.17, 15) is 9.59 Å². The highest BCUT2D eigenvalue weighted by molar-refractivity contribution is 6.14. The first-order valence-electron chi connectivity index (χ1n) is 8.09. The molecule has 1 aliphatic heterocycles. The highest BCUT2D eigenvalue weighted by atomic mass is 16.3. The highest BCUT2D eigenvalue weighted by Crippen LogP contribution is 2.22. The van der Waals surface area contributed by atoms with Crippen LogP contribution in [0.4, 0.5) is 5.69 Å². The van der Waals surface area contributed by atoms with Gasteiger partial charge in [0.05, 0.1) is 18.9 Å². The lowest BCUT2D eigenvalue weighted by Gasteiger charge is -2.14. The number of amides is 2. The molecule has 136 valence electrons. The van der Waals surface area contributed by atoms with Crippen molar-refractivity contribution in [1.29, 1.82) is 0 Å². The lowest BCUT2D eigenvalue weighted by molar-refractivity contribution is -0.127. The number of nitrogens with zero attached hydrogens (tertiary/aromatic N) is 1. The Morgan fingerprint density at radius 1 is 1.04 bits per heavy atom. The molecule has 2 rings (SSSR count). The molecule has 0 spiro atoms. The van der Waals surface area contributed by atoms with E-state index in [0.29, 0.717) is 12.1 Å². The number of hydrogen-bond acceptors (Lipinski definition) is 5. The van der Waals surface area contributed by atoms with Crippen molar-refractivity contribution >= 4 is 17.5 Å². The summed E-state index contributed by atoms with van der Waals surface area (Å²) in [6.45, 7) is 3.73. The molecule has 1 fully saturated rings. The van der Waals surface area contributed by atoms with Crippen molar-refractivity contribution in [3.8, 4) is 0 Å². The maximum Gasteiger partial charge on any atom is 0.258 e. The van der Waals surface area contributed by atoms with Gasteiger partial charge in [0.25, 0.3) is 11.8 Å². The zero-order chi connectivity index (χ0) is 18.4. The molecule has 4 N–H and O–H groups in total. The molecule has 0 aliphatic carbocycles. The van der Waals surface area contributed by atoms with Crippen molar-refractivity contribution < 1.29 is 24.9 Å². The Morgan fingerprint density at radius 3 is 2.04 bits per heavy atom. The van der Waals surface area contributed by atoms with Crippen LogP contribution in [-0.4, -0.2) is 47.0 Å². The molecule has 1 heterocycles. The van der Waals surface area contributed by atoms with Gasteiger partial charge in [-0.2, -0.15) is 0 Å². The minimum atomic E-state index is -0.518. The maximum absolute atomic E-state index is 12.1. The predicted molar refractivity (Wildman–Crippen MR) is 92.0 cm³/mol. The fourth-order valence-electron chi connectivity index (χ4n) is 1.94. The first kappa shape index (κ1) is 22.0. The fraction of sp³-hybridized carbons (Fsp3) is 0.529. The lowest BCUT2D eigenvalue weighted by atomic mass is 10.0. The van der Waals surface area contributed by atoms with E-state index in [1.54, 1.807) is 19.1 Å². The zero-order valence-corrected chi connectivity index (χ0v) is 14.3. The van der Waals surface area contributed by atoms with Crippen molar-refractivity contribution in [2.45, 2.75) is 33.1 Å². The summed E-state index contributed by atoms with van der Waals surface area (Å²) in [5.41, 5.74) is 3.34. The summed E-state index contributed by atoms with van der Waals surface area (Å²) in [7, 11) is 0. The van der Waals surface area contributed by atoms with Crippen LogP contribution in [0.2, 0.25) is 0 Å². The van der Waals surface area contributed by atoms with Crippen LogP contribution in [0.3, 0.4) is 0 Å². The minimum Gasteiger partial charge on any atom is -0.397 e. The Morgan fingerprint density at radius 2 is 1.58 bits per heavy atom. The largest absolute Gasteiger partial charge is 0.397 e. The number of carbonyl (C=O) groups is 2. The fourth-order valence-corrected chi connectivity index (χ4v) is 1.94. The molecule has 0 radical (unpaired) electrons. The van der Waals surface area contributed by atoms with Gasteiger partial charge in [0.2, 0.25) is 0 Å². The average molecular weight is 340 g/mol. The van der Waals surface area contributed by atoms with Crippen LogP contribution < -0.4 is 10.4 Å². The van der Waals surface area contributed by atoms with Gasteiger partial charge in [0.15, 0.2) is 0 Å². The summed E-state index contributed by atoms with van der Waals surface area (Å²) in [5.74, 6) is -0.850. The Hall–Kier alpha value is -1.96. The van der Waals surface area contributed by atoms with Crippen LogP contribution in [0.5, 0.6) is 0 Å². The summed E-state index contributed by atoms with van der Waals surface area (Å²) in [6.07, 6.45) is 2.51. The van der Waals surface area contributed by atoms with Crippen molar-refractivity contribution in [1.82, 2.24) is 5.43 Å². The van der Waals surface area contributed by atoms with Crippen LogP contribution in [0, 0.1) is 5.92 Å². The second-order valence-electron chi connectivity index (χ2n) is 4.94. The molecule has 24 heavy (non-hydrogen) atoms. The van der Waals surface area contributed by atoms with E-state index in [4.69, 9.17) is 15.3 Å². The lowest BCUT2D eigenvalue weighted by Crippen LogP contribution is -2.35. The topological polar surface area (TPSA) is 110 Å². The van der Waals surface area contributed by atoms with Gasteiger partial charge < -0.3 is 15.3 Å². The maximum atomic E-state index is 12.1. The Kier molecular flexibility index (Phi) is 12.4. The second kappa shape index (κ2) is 13.5. The number of rotatable bonds is 5. The van der Waals surface area contributed by atoms with E-state index >= 15 is 0 Å². The zero-order valence-electron chi connectivity index (χ0n) is 14.3. The average Bonchev–Trinajstić information content (AvgIpc) is 2.89. The second-order valence-corrected chi connectivity index (χ2v) is 4.94. The van der Waals surface area contributed by atoms with Crippen LogP contribution in [0.25, 0.3) is 0 Å². The Bertz CT molecular complexity index is 465. The summed E-state index contributed by atoms with van der Waals surface area (Å²) in [5, 5.41) is 24.2. The summed E-state index contributed by atoms with van der Waals surface area (Å²) >= 11 is 0. The molecule has 2 amide bonds. The molecule has 1 aromatic carbocycles. The molecule has 1 aromatic rings. The number of aliphatic hydroxyl groups excluding tert-OH is 3. The van der Waals surface area contributed by atoms with Gasteiger partial charge >= 0.3 is 0 Å². The number of para-hydroxylation sites is 1. The molecule has 1 atom stereocenters. The van der Waals surface area contributed by atoms with Gasteiger partial charge in [-0.1, -0.05) is 38.0 Å². The third-order valence-electron chi connectivity index (χ3n) is 3.02. The summed E-state index contributed by atoms with van der Waals surface area (Å²) < 4.78 is 0.